The molecule has 4 N–H and O–H groups in total. The van der Waals surface area contributed by atoms with Gasteiger partial charge in [0, 0.05) is 78.4 Å². The summed E-state index contributed by atoms with van der Waals surface area (Å²) in [4.78, 5) is 46.6. The van der Waals surface area contributed by atoms with Gasteiger partial charge < -0.3 is 25.8 Å². The van der Waals surface area contributed by atoms with Gasteiger partial charge in [-0.25, -0.2) is 0 Å². The molecule has 3 amide bonds. The Morgan fingerprint density at radius 1 is 0.884 bits per heavy atom. The van der Waals surface area contributed by atoms with Gasteiger partial charge in [-0.15, -0.1) is 0 Å². The number of aryl methyl sites for hydroxylation is 1. The molecule has 0 saturated carbocycles. The summed E-state index contributed by atoms with van der Waals surface area (Å²) in [6.45, 7) is 6.98. The number of rotatable bonds is 7. The SMILES string of the molecule is Cc1ccc(NC(=O)c2ccc(CN3CCN(C)CC3)cc2)cc1NC(=O)c1ccc2c(c1)NC(=O)/C2=C\c1ccc[nH]1. The molecule has 2 aliphatic heterocycles. The van der Waals surface area contributed by atoms with Crippen LogP contribution in [-0.4, -0.2) is 65.7 Å². The molecule has 9 heteroatoms. The highest BCUT2D eigenvalue weighted by atomic mass is 16.2. The van der Waals surface area contributed by atoms with E-state index >= 15 is 0 Å². The third kappa shape index (κ3) is 6.43. The predicted octanol–water partition coefficient (Wildman–Crippen LogP) is 5.07. The molecule has 218 valence electrons. The summed E-state index contributed by atoms with van der Waals surface area (Å²) in [7, 11) is 2.14. The van der Waals surface area contributed by atoms with E-state index < -0.39 is 0 Å². The molecule has 0 atom stereocenters. The third-order valence-electron chi connectivity index (χ3n) is 7.95. The average molecular weight is 575 g/mol. The Balaban J connectivity index is 1.10. The summed E-state index contributed by atoms with van der Waals surface area (Å²) in [6, 6.07) is 22.0. The van der Waals surface area contributed by atoms with Gasteiger partial charge in [0.15, 0.2) is 0 Å². The number of carbonyl (C=O) groups is 3. The molecule has 2 aliphatic rings. The van der Waals surface area contributed by atoms with Crippen LogP contribution in [0, 0.1) is 6.92 Å². The van der Waals surface area contributed by atoms with Gasteiger partial charge in [-0.2, -0.15) is 0 Å². The molecule has 0 spiro atoms. The molecule has 1 fully saturated rings. The van der Waals surface area contributed by atoms with E-state index in [1.807, 2.05) is 55.5 Å². The number of hydrogen-bond acceptors (Lipinski definition) is 5. The fourth-order valence-corrected chi connectivity index (χ4v) is 5.33. The lowest BCUT2D eigenvalue weighted by molar-refractivity contribution is -0.110. The molecule has 4 aromatic rings. The van der Waals surface area contributed by atoms with Crippen molar-refractivity contribution in [1.29, 1.82) is 0 Å². The van der Waals surface area contributed by atoms with Crippen molar-refractivity contribution in [2.45, 2.75) is 13.5 Å². The van der Waals surface area contributed by atoms with E-state index in [0.29, 0.717) is 33.8 Å². The van der Waals surface area contributed by atoms with E-state index in [9.17, 15) is 14.4 Å². The molecule has 1 aromatic heterocycles. The summed E-state index contributed by atoms with van der Waals surface area (Å²) in [5, 5.41) is 8.74. The van der Waals surface area contributed by atoms with E-state index in [1.54, 1.807) is 36.5 Å². The fraction of sp³-hybridized carbons (Fsp3) is 0.206. The zero-order chi connectivity index (χ0) is 29.9. The van der Waals surface area contributed by atoms with Crippen LogP contribution in [0.3, 0.4) is 0 Å². The van der Waals surface area contributed by atoms with Crippen molar-refractivity contribution in [3.63, 3.8) is 0 Å². The van der Waals surface area contributed by atoms with E-state index in [4.69, 9.17) is 0 Å². The number of fused-ring (bicyclic) bond motifs is 1. The van der Waals surface area contributed by atoms with Crippen molar-refractivity contribution >= 4 is 46.4 Å². The minimum absolute atomic E-state index is 0.217. The smallest absolute Gasteiger partial charge is 0.256 e. The number of carbonyl (C=O) groups excluding carboxylic acids is 3. The first-order chi connectivity index (χ1) is 20.8. The number of aromatic nitrogens is 1. The molecule has 0 bridgehead atoms. The highest BCUT2D eigenvalue weighted by molar-refractivity contribution is 6.35. The monoisotopic (exact) mass is 574 g/mol. The van der Waals surface area contributed by atoms with Crippen LogP contribution < -0.4 is 16.0 Å². The van der Waals surface area contributed by atoms with Crippen LogP contribution in [0.1, 0.15) is 43.1 Å². The van der Waals surface area contributed by atoms with Crippen LogP contribution in [-0.2, 0) is 11.3 Å². The number of benzene rings is 3. The highest BCUT2D eigenvalue weighted by Gasteiger charge is 2.25. The second-order valence-electron chi connectivity index (χ2n) is 11.1. The van der Waals surface area contributed by atoms with Gasteiger partial charge in [-0.05, 0) is 79.7 Å². The first-order valence-corrected chi connectivity index (χ1v) is 14.4. The van der Waals surface area contributed by atoms with Gasteiger partial charge in [-0.1, -0.05) is 24.3 Å². The lowest BCUT2D eigenvalue weighted by Gasteiger charge is -2.32. The second kappa shape index (κ2) is 12.1. The Morgan fingerprint density at radius 3 is 2.37 bits per heavy atom. The molecule has 3 heterocycles. The number of nitrogens with one attached hydrogen (secondary N) is 4. The number of aromatic amines is 1. The molecule has 43 heavy (non-hydrogen) atoms. The summed E-state index contributed by atoms with van der Waals surface area (Å²) in [5.41, 5.74) is 6.85. The van der Waals surface area contributed by atoms with Crippen LogP contribution in [0.2, 0.25) is 0 Å². The van der Waals surface area contributed by atoms with Crippen LogP contribution in [0.5, 0.6) is 0 Å². The van der Waals surface area contributed by atoms with Crippen molar-refractivity contribution in [3.8, 4) is 0 Å². The van der Waals surface area contributed by atoms with Gasteiger partial charge in [-0.3, -0.25) is 19.3 Å². The Bertz CT molecular complexity index is 1700. The Labute approximate surface area is 250 Å². The zero-order valence-electron chi connectivity index (χ0n) is 24.2. The number of piperazine rings is 1. The zero-order valence-corrected chi connectivity index (χ0v) is 24.2. The molecule has 0 unspecified atom stereocenters. The van der Waals surface area contributed by atoms with Crippen molar-refractivity contribution in [2.24, 2.45) is 0 Å². The molecule has 9 nitrogen and oxygen atoms in total. The van der Waals surface area contributed by atoms with Crippen LogP contribution in [0.15, 0.2) is 79.0 Å². The predicted molar refractivity (Wildman–Crippen MR) is 170 cm³/mol. The maximum absolute atomic E-state index is 13.2. The van der Waals surface area contributed by atoms with Crippen molar-refractivity contribution in [3.05, 3.63) is 113 Å². The van der Waals surface area contributed by atoms with E-state index in [-0.39, 0.29) is 17.7 Å². The Morgan fingerprint density at radius 2 is 1.63 bits per heavy atom. The number of H-pyrrole nitrogens is 1. The Kier molecular flexibility index (Phi) is 7.91. The number of hydrogen-bond donors (Lipinski definition) is 4. The van der Waals surface area contributed by atoms with E-state index in [0.717, 1.165) is 49.5 Å². The third-order valence-corrected chi connectivity index (χ3v) is 7.95. The summed E-state index contributed by atoms with van der Waals surface area (Å²) < 4.78 is 0. The molecule has 3 aromatic carbocycles. The van der Waals surface area contributed by atoms with E-state index in [1.165, 1.54) is 5.56 Å². The van der Waals surface area contributed by atoms with E-state index in [2.05, 4.69) is 37.8 Å². The standard InChI is InChI=1S/C34H34N6O3/c1-22-5-11-27(36-32(41)24-8-6-23(7-9-24)21-40-16-14-39(2)15-17-40)20-30(22)37-33(42)25-10-12-28-29(19-26-4-3-13-35-26)34(43)38-31(28)18-25/h3-13,18-20,35H,14-17,21H2,1-2H3,(H,36,41)(H,37,42)(H,38,43)/b29-19-. The van der Waals surface area contributed by atoms with Gasteiger partial charge >= 0.3 is 0 Å². The van der Waals surface area contributed by atoms with Crippen LogP contribution in [0.25, 0.3) is 11.6 Å². The van der Waals surface area contributed by atoms with Crippen molar-refractivity contribution < 1.29 is 14.4 Å². The summed E-state index contributed by atoms with van der Waals surface area (Å²) >= 11 is 0. The van der Waals surface area contributed by atoms with Gasteiger partial charge in [0.2, 0.25) is 0 Å². The highest BCUT2D eigenvalue weighted by Crippen LogP contribution is 2.34. The van der Waals surface area contributed by atoms with Crippen LogP contribution in [0.4, 0.5) is 17.1 Å². The van der Waals surface area contributed by atoms with Gasteiger partial charge in [0.1, 0.15) is 0 Å². The average Bonchev–Trinajstić information content (AvgIpc) is 3.63. The Hall–Kier alpha value is -4.99. The number of likely N-dealkylation sites (N-methyl/N-ethyl adjacent to an activating group) is 1. The maximum atomic E-state index is 13.2. The summed E-state index contributed by atoms with van der Waals surface area (Å²) in [5.74, 6) is -0.752. The number of nitrogens with zero attached hydrogens (tertiary/aromatic N) is 2. The second-order valence-corrected chi connectivity index (χ2v) is 11.1. The first-order valence-electron chi connectivity index (χ1n) is 14.4. The molecular weight excluding hydrogens is 540 g/mol. The molecule has 6 rings (SSSR count). The van der Waals surface area contributed by atoms with Gasteiger partial charge in [0.05, 0.1) is 5.57 Å². The number of amides is 3. The molecule has 0 radical (unpaired) electrons. The van der Waals surface area contributed by atoms with Crippen molar-refractivity contribution in [1.82, 2.24) is 14.8 Å². The maximum Gasteiger partial charge on any atom is 0.256 e. The normalized spacial score (nSPS) is 16.1. The van der Waals surface area contributed by atoms with Crippen LogP contribution >= 0.6 is 0 Å². The number of anilines is 3. The quantitative estimate of drug-likeness (QED) is 0.231. The van der Waals surface area contributed by atoms with Gasteiger partial charge in [0.25, 0.3) is 17.7 Å². The largest absolute Gasteiger partial charge is 0.362 e. The molecular formula is C34H34N6O3. The lowest BCUT2D eigenvalue weighted by Crippen LogP contribution is -2.43. The summed E-state index contributed by atoms with van der Waals surface area (Å²) in [6.07, 6.45) is 3.58. The minimum atomic E-state index is -0.318. The van der Waals surface area contributed by atoms with Crippen molar-refractivity contribution in [2.75, 3.05) is 49.2 Å². The fourth-order valence-electron chi connectivity index (χ4n) is 5.33. The lowest BCUT2D eigenvalue weighted by atomic mass is 10.0. The molecule has 1 saturated heterocycles. The minimum Gasteiger partial charge on any atom is -0.362 e. The topological polar surface area (TPSA) is 110 Å². The molecule has 0 aliphatic carbocycles. The first kappa shape index (κ1) is 28.1.